The lowest BCUT2D eigenvalue weighted by Crippen LogP contribution is -2.43. The van der Waals surface area contributed by atoms with Gasteiger partial charge in [0.15, 0.2) is 5.17 Å². The molecule has 3 heterocycles. The van der Waals surface area contributed by atoms with Gasteiger partial charge >= 0.3 is 11.9 Å². The van der Waals surface area contributed by atoms with Crippen molar-refractivity contribution in [3.05, 3.63) is 61.1 Å². The van der Waals surface area contributed by atoms with Crippen LogP contribution in [0.1, 0.15) is 48.5 Å². The molecule has 0 spiro atoms. The van der Waals surface area contributed by atoms with E-state index in [9.17, 15) is 32.7 Å². The lowest BCUT2D eigenvalue weighted by atomic mass is 10.0. The first-order valence-corrected chi connectivity index (χ1v) is 13.3. The number of amidine groups is 1. The maximum absolute atomic E-state index is 13.8. The van der Waals surface area contributed by atoms with Gasteiger partial charge in [0.25, 0.3) is 5.56 Å². The lowest BCUT2D eigenvalue weighted by molar-refractivity contribution is -0.137. The van der Waals surface area contributed by atoms with E-state index in [0.29, 0.717) is 0 Å². The molecule has 0 amide bonds. The van der Waals surface area contributed by atoms with Gasteiger partial charge in [0, 0.05) is 25.2 Å². The van der Waals surface area contributed by atoms with Crippen LogP contribution in [-0.4, -0.2) is 42.5 Å². The van der Waals surface area contributed by atoms with Gasteiger partial charge in [-0.15, -0.1) is 11.3 Å². The fourth-order valence-electron chi connectivity index (χ4n) is 4.14. The van der Waals surface area contributed by atoms with Gasteiger partial charge in [0.1, 0.15) is 4.83 Å². The number of aromatic nitrogens is 2. The monoisotopic (exact) mass is 569 g/mol. The Labute approximate surface area is 223 Å². The van der Waals surface area contributed by atoms with E-state index in [1.54, 1.807) is 13.8 Å². The Morgan fingerprint density at radius 3 is 2.47 bits per heavy atom. The summed E-state index contributed by atoms with van der Waals surface area (Å²) in [6, 6.07) is 4.18. The zero-order valence-electron chi connectivity index (χ0n) is 21.2. The molecule has 2 N–H and O–H groups in total. The highest BCUT2D eigenvalue weighted by molar-refractivity contribution is 8.14. The highest BCUT2D eigenvalue weighted by atomic mass is 32.2. The number of thiophene rings is 1. The van der Waals surface area contributed by atoms with Gasteiger partial charge in [-0.1, -0.05) is 32.0 Å². The summed E-state index contributed by atoms with van der Waals surface area (Å²) in [4.78, 5) is 41.8. The average Bonchev–Trinajstić information content (AvgIpc) is 3.40. The van der Waals surface area contributed by atoms with Gasteiger partial charge in [-0.2, -0.15) is 18.3 Å². The van der Waals surface area contributed by atoms with Crippen molar-refractivity contribution < 1.29 is 23.1 Å². The fourth-order valence-corrected chi connectivity index (χ4v) is 6.77. The number of aliphatic hydroxyl groups is 1. The maximum Gasteiger partial charge on any atom is 0.417 e. The van der Waals surface area contributed by atoms with Gasteiger partial charge in [-0.3, -0.25) is 24.1 Å². The molecule has 0 saturated carbocycles. The molecular weight excluding hydrogens is 543 g/mol. The maximum atomic E-state index is 13.8. The summed E-state index contributed by atoms with van der Waals surface area (Å²) >= 11 is 1.68. The average molecular weight is 570 g/mol. The van der Waals surface area contributed by atoms with Crippen molar-refractivity contribution in [1.82, 2.24) is 19.5 Å². The molecule has 14 heteroatoms. The number of carbonyl (C=O) groups excluding carboxylic acids is 1. The highest BCUT2D eigenvalue weighted by Gasteiger charge is 2.38. The van der Waals surface area contributed by atoms with Gasteiger partial charge in [0.05, 0.1) is 20.7 Å². The number of ketones is 1. The van der Waals surface area contributed by atoms with Crippen molar-refractivity contribution in [2.45, 2.75) is 57.7 Å². The molecule has 1 atom stereocenters. The standard InChI is InChI=1S/C24H26F3N5O4S2/c1-11(2)10-31-20-15(19(34)30(5)23(31)36)17(38-22-29-28-21(35)32(22)12(3)4)18(37-20)16(33)13-8-6-7-9-14(13)24(25,26)27/h6-9,11-12,21,28,35H,10H2,1-5H3. The summed E-state index contributed by atoms with van der Waals surface area (Å²) in [5, 5.41) is 14.7. The van der Waals surface area contributed by atoms with E-state index in [-0.39, 0.29) is 43.7 Å². The highest BCUT2D eigenvalue weighted by Crippen LogP contribution is 2.41. The van der Waals surface area contributed by atoms with Crippen LogP contribution in [0.4, 0.5) is 13.2 Å². The molecule has 38 heavy (non-hydrogen) atoms. The number of thioether (sulfide) groups is 1. The smallest absolute Gasteiger partial charge is 0.355 e. The van der Waals surface area contributed by atoms with Crippen LogP contribution >= 0.6 is 23.1 Å². The fraction of sp³-hybridized carbons (Fsp3) is 0.417. The molecule has 1 aliphatic heterocycles. The molecule has 1 aliphatic rings. The minimum Gasteiger partial charge on any atom is -0.355 e. The number of carbonyl (C=O) groups is 1. The van der Waals surface area contributed by atoms with Crippen molar-refractivity contribution in [3.8, 4) is 0 Å². The third kappa shape index (κ3) is 4.87. The molecule has 2 aromatic heterocycles. The number of aliphatic hydroxyl groups excluding tert-OH is 1. The van der Waals surface area contributed by atoms with Crippen molar-refractivity contribution in [2.24, 2.45) is 18.1 Å². The second-order valence-corrected chi connectivity index (χ2v) is 11.4. The Morgan fingerprint density at radius 2 is 1.87 bits per heavy atom. The third-order valence-corrected chi connectivity index (χ3v) is 8.31. The molecule has 3 aromatic rings. The second kappa shape index (κ2) is 10.2. The number of hydrogen-bond acceptors (Lipinski definition) is 9. The topological polar surface area (TPSA) is 109 Å². The number of nitrogens with zero attached hydrogens (tertiary/aromatic N) is 4. The number of rotatable bonds is 6. The van der Waals surface area contributed by atoms with E-state index in [4.69, 9.17) is 0 Å². The Hall–Kier alpha value is -3.10. The Bertz CT molecular complexity index is 1560. The molecule has 0 saturated heterocycles. The van der Waals surface area contributed by atoms with E-state index < -0.39 is 40.7 Å². The van der Waals surface area contributed by atoms with Crippen LogP contribution in [0.25, 0.3) is 10.2 Å². The van der Waals surface area contributed by atoms with Crippen LogP contribution in [-0.2, 0) is 19.8 Å². The summed E-state index contributed by atoms with van der Waals surface area (Å²) in [7, 11) is 1.31. The first-order valence-electron chi connectivity index (χ1n) is 11.7. The lowest BCUT2D eigenvalue weighted by Gasteiger charge is -2.26. The van der Waals surface area contributed by atoms with Crippen molar-refractivity contribution in [1.29, 1.82) is 0 Å². The van der Waals surface area contributed by atoms with E-state index in [0.717, 1.165) is 39.8 Å². The molecule has 1 unspecified atom stereocenters. The van der Waals surface area contributed by atoms with E-state index >= 15 is 0 Å². The molecular formula is C24H26F3N5O4S2. The summed E-state index contributed by atoms with van der Waals surface area (Å²) < 4.78 is 43.7. The number of benzene rings is 1. The van der Waals surface area contributed by atoms with Gasteiger partial charge in [0.2, 0.25) is 12.1 Å². The molecule has 9 nitrogen and oxygen atoms in total. The first kappa shape index (κ1) is 27.9. The number of nitrogens with one attached hydrogen (secondary N) is 1. The molecule has 1 aromatic carbocycles. The molecule has 0 aliphatic carbocycles. The third-order valence-electron chi connectivity index (χ3n) is 5.87. The second-order valence-electron chi connectivity index (χ2n) is 9.46. The van der Waals surface area contributed by atoms with E-state index in [1.807, 2.05) is 13.8 Å². The van der Waals surface area contributed by atoms with E-state index in [1.165, 1.54) is 28.6 Å². The predicted octanol–water partition coefficient (Wildman–Crippen LogP) is 3.62. The summed E-state index contributed by atoms with van der Waals surface area (Å²) in [5.74, 6) is -0.942. The summed E-state index contributed by atoms with van der Waals surface area (Å²) in [6.07, 6.45) is -5.96. The van der Waals surface area contributed by atoms with Crippen LogP contribution in [0.2, 0.25) is 0 Å². The number of halogens is 3. The first-order chi connectivity index (χ1) is 17.7. The van der Waals surface area contributed by atoms with E-state index in [2.05, 4.69) is 10.5 Å². The zero-order valence-corrected chi connectivity index (χ0v) is 22.8. The summed E-state index contributed by atoms with van der Waals surface area (Å²) in [5.41, 5.74) is -0.437. The van der Waals surface area contributed by atoms with Crippen LogP contribution < -0.4 is 16.7 Å². The molecule has 0 radical (unpaired) electrons. The SMILES string of the molecule is CC(C)Cn1c(=O)n(C)c(=O)c2c(SC3=NNC(O)N3C(C)C)c(C(=O)c3ccccc3C(F)(F)F)sc21. The Balaban J connectivity index is 2.04. The van der Waals surface area contributed by atoms with Crippen LogP contribution in [0.15, 0.2) is 43.9 Å². The number of fused-ring (bicyclic) bond motifs is 1. The largest absolute Gasteiger partial charge is 0.417 e. The van der Waals surface area contributed by atoms with Gasteiger partial charge in [-0.05, 0) is 37.6 Å². The normalized spacial score (nSPS) is 16.0. The predicted molar refractivity (Wildman–Crippen MR) is 140 cm³/mol. The molecule has 204 valence electrons. The van der Waals surface area contributed by atoms with Crippen molar-refractivity contribution >= 4 is 44.3 Å². The minimum atomic E-state index is -4.79. The minimum absolute atomic E-state index is 0.00769. The molecule has 4 rings (SSSR count). The molecule has 0 bridgehead atoms. The van der Waals surface area contributed by atoms with Crippen LogP contribution in [0.3, 0.4) is 0 Å². The summed E-state index contributed by atoms with van der Waals surface area (Å²) in [6.45, 7) is 7.56. The quantitative estimate of drug-likeness (QED) is 0.437. The Morgan fingerprint density at radius 1 is 1.21 bits per heavy atom. The van der Waals surface area contributed by atoms with Crippen LogP contribution in [0.5, 0.6) is 0 Å². The number of hydrogen-bond donors (Lipinski definition) is 2. The van der Waals surface area contributed by atoms with Crippen molar-refractivity contribution in [3.63, 3.8) is 0 Å². The molecule has 0 fully saturated rings. The number of hydrazone groups is 1. The Kier molecular flexibility index (Phi) is 7.51. The van der Waals surface area contributed by atoms with Gasteiger partial charge in [-0.25, -0.2) is 4.79 Å². The van der Waals surface area contributed by atoms with Crippen molar-refractivity contribution in [2.75, 3.05) is 0 Å². The number of alkyl halides is 3. The van der Waals surface area contributed by atoms with Gasteiger partial charge < -0.3 is 10.0 Å². The van der Waals surface area contributed by atoms with Crippen LogP contribution in [0, 0.1) is 5.92 Å². The zero-order chi connectivity index (χ0) is 28.1.